The van der Waals surface area contributed by atoms with Crippen molar-refractivity contribution in [3.63, 3.8) is 0 Å². The number of aliphatic hydroxyl groups is 1. The maximum Gasteiger partial charge on any atom is 0.0743 e. The molecule has 92 valence electrons. The molecule has 0 rings (SSSR count). The average molecular weight is 243 g/mol. The lowest BCUT2D eigenvalue weighted by molar-refractivity contribution is 0.157. The first-order valence-electron chi connectivity index (χ1n) is 5.85. The van der Waals surface area contributed by atoms with E-state index in [0.29, 0.717) is 0 Å². The fourth-order valence-corrected chi connectivity index (χ4v) is 1.74. The molecular formula is C14H23ClO. The Labute approximate surface area is 105 Å². The monoisotopic (exact) mass is 242 g/mol. The van der Waals surface area contributed by atoms with E-state index in [1.165, 1.54) is 5.57 Å². The van der Waals surface area contributed by atoms with Crippen molar-refractivity contribution in [2.24, 2.45) is 5.92 Å². The summed E-state index contributed by atoms with van der Waals surface area (Å²) in [6.45, 7) is 9.31. The van der Waals surface area contributed by atoms with Gasteiger partial charge in [0, 0.05) is 5.54 Å². The number of rotatable bonds is 9. The molecule has 1 nitrogen and oxygen atoms in total. The Bertz CT molecular complexity index is 233. The summed E-state index contributed by atoms with van der Waals surface area (Å²) >= 11 is 5.77. The highest BCUT2D eigenvalue weighted by Crippen LogP contribution is 2.20. The summed E-state index contributed by atoms with van der Waals surface area (Å²) in [6.07, 6.45) is 8.14. The van der Waals surface area contributed by atoms with E-state index >= 15 is 0 Å². The van der Waals surface area contributed by atoms with E-state index in [9.17, 15) is 5.11 Å². The normalized spacial score (nSPS) is 15.6. The summed E-state index contributed by atoms with van der Waals surface area (Å²) < 4.78 is 0. The quantitative estimate of drug-likeness (QED) is 0.469. The summed E-state index contributed by atoms with van der Waals surface area (Å²) in [6, 6.07) is 0. The van der Waals surface area contributed by atoms with Crippen LogP contribution < -0.4 is 0 Å². The molecule has 0 aliphatic heterocycles. The largest absolute Gasteiger partial charge is 0.389 e. The molecule has 1 N–H and O–H groups in total. The molecule has 0 aromatic heterocycles. The number of hydrogen-bond acceptors (Lipinski definition) is 1. The topological polar surface area (TPSA) is 20.2 Å². The Hall–Kier alpha value is -0.530. The molecule has 0 aliphatic carbocycles. The average Bonchev–Trinajstić information content (AvgIpc) is 2.32. The SMILES string of the molecule is C=CCCC/C(=C\Cl)CC[C@H](C)C(O)C=C. The van der Waals surface area contributed by atoms with Crippen LogP contribution in [0, 0.1) is 5.92 Å². The van der Waals surface area contributed by atoms with Crippen LogP contribution in [0.5, 0.6) is 0 Å². The fraction of sp³-hybridized carbons (Fsp3) is 0.571. The number of halogens is 1. The molecule has 2 heteroatoms. The van der Waals surface area contributed by atoms with E-state index in [-0.39, 0.29) is 5.92 Å². The second-order valence-corrected chi connectivity index (χ2v) is 4.41. The predicted molar refractivity (Wildman–Crippen MR) is 72.6 cm³/mol. The minimum absolute atomic E-state index is 0.239. The van der Waals surface area contributed by atoms with Gasteiger partial charge in [-0.2, -0.15) is 0 Å². The van der Waals surface area contributed by atoms with Crippen LogP contribution in [0.4, 0.5) is 0 Å². The summed E-state index contributed by atoms with van der Waals surface area (Å²) in [5.74, 6) is 0.239. The zero-order valence-corrected chi connectivity index (χ0v) is 10.9. The first kappa shape index (κ1) is 15.5. The van der Waals surface area contributed by atoms with Crippen molar-refractivity contribution in [1.82, 2.24) is 0 Å². The van der Waals surface area contributed by atoms with Crippen molar-refractivity contribution in [1.29, 1.82) is 0 Å². The maximum absolute atomic E-state index is 9.54. The van der Waals surface area contributed by atoms with Gasteiger partial charge in [-0.25, -0.2) is 0 Å². The van der Waals surface area contributed by atoms with Gasteiger partial charge in [-0.05, 0) is 38.0 Å². The second-order valence-electron chi connectivity index (χ2n) is 4.19. The lowest BCUT2D eigenvalue weighted by atomic mass is 9.95. The van der Waals surface area contributed by atoms with Crippen molar-refractivity contribution in [3.8, 4) is 0 Å². The van der Waals surface area contributed by atoms with Crippen LogP contribution in [0.1, 0.15) is 39.0 Å². The lowest BCUT2D eigenvalue weighted by Gasteiger charge is -2.15. The van der Waals surface area contributed by atoms with Crippen LogP contribution in [-0.4, -0.2) is 11.2 Å². The Morgan fingerprint density at radius 2 is 2.06 bits per heavy atom. The Morgan fingerprint density at radius 3 is 2.56 bits per heavy atom. The van der Waals surface area contributed by atoms with Gasteiger partial charge < -0.3 is 5.11 Å². The summed E-state index contributed by atoms with van der Waals surface area (Å²) in [5, 5.41) is 9.54. The minimum atomic E-state index is -0.412. The third-order valence-electron chi connectivity index (χ3n) is 2.81. The molecule has 0 heterocycles. The molecule has 1 unspecified atom stereocenters. The van der Waals surface area contributed by atoms with Gasteiger partial charge in [0.1, 0.15) is 0 Å². The van der Waals surface area contributed by atoms with Crippen molar-refractivity contribution >= 4 is 11.6 Å². The van der Waals surface area contributed by atoms with Gasteiger partial charge in [-0.1, -0.05) is 36.2 Å². The number of hydrogen-bond donors (Lipinski definition) is 1. The zero-order valence-electron chi connectivity index (χ0n) is 10.2. The molecule has 0 aromatic carbocycles. The standard InChI is InChI=1S/C14H23ClO/c1-4-6-7-8-13(11-15)10-9-12(3)14(16)5-2/h4-5,11-12,14,16H,1-2,6-10H2,3H3/b13-11+/t12-,14?/m0/s1. The smallest absolute Gasteiger partial charge is 0.0743 e. The highest BCUT2D eigenvalue weighted by atomic mass is 35.5. The van der Waals surface area contributed by atoms with Crippen LogP contribution in [-0.2, 0) is 0 Å². The molecule has 2 atom stereocenters. The van der Waals surface area contributed by atoms with Crippen LogP contribution >= 0.6 is 11.6 Å². The molecular weight excluding hydrogens is 220 g/mol. The third-order valence-corrected chi connectivity index (χ3v) is 3.11. The number of aliphatic hydroxyl groups excluding tert-OH is 1. The van der Waals surface area contributed by atoms with Crippen molar-refractivity contribution < 1.29 is 5.11 Å². The third kappa shape index (κ3) is 6.86. The van der Waals surface area contributed by atoms with Gasteiger partial charge in [-0.15, -0.1) is 13.2 Å². The molecule has 0 radical (unpaired) electrons. The van der Waals surface area contributed by atoms with Crippen LogP contribution in [0.15, 0.2) is 36.4 Å². The summed E-state index contributed by atoms with van der Waals surface area (Å²) in [4.78, 5) is 0. The highest BCUT2D eigenvalue weighted by Gasteiger charge is 2.10. The molecule has 0 aromatic rings. The summed E-state index contributed by atoms with van der Waals surface area (Å²) in [7, 11) is 0. The first-order valence-corrected chi connectivity index (χ1v) is 6.29. The molecule has 0 spiro atoms. The molecule has 0 saturated heterocycles. The summed E-state index contributed by atoms with van der Waals surface area (Å²) in [5.41, 5.74) is 2.93. The van der Waals surface area contributed by atoms with Crippen LogP contribution in [0.25, 0.3) is 0 Å². The Kier molecular flexibility index (Phi) is 9.36. The predicted octanol–water partition coefficient (Wildman–Crippen LogP) is 4.43. The van der Waals surface area contributed by atoms with Gasteiger partial charge in [-0.3, -0.25) is 0 Å². The van der Waals surface area contributed by atoms with Crippen LogP contribution in [0.3, 0.4) is 0 Å². The molecule has 0 aliphatic rings. The van der Waals surface area contributed by atoms with Gasteiger partial charge in [0.05, 0.1) is 6.10 Å². The van der Waals surface area contributed by atoms with Crippen LogP contribution in [0.2, 0.25) is 0 Å². The van der Waals surface area contributed by atoms with E-state index in [1.54, 1.807) is 11.6 Å². The minimum Gasteiger partial charge on any atom is -0.389 e. The lowest BCUT2D eigenvalue weighted by Crippen LogP contribution is -2.14. The van der Waals surface area contributed by atoms with Crippen molar-refractivity contribution in [2.75, 3.05) is 0 Å². The molecule has 0 saturated carbocycles. The Balaban J connectivity index is 3.87. The molecule has 0 bridgehead atoms. The molecule has 0 fully saturated rings. The van der Waals surface area contributed by atoms with Gasteiger partial charge in [0.2, 0.25) is 0 Å². The van der Waals surface area contributed by atoms with Gasteiger partial charge in [0.15, 0.2) is 0 Å². The van der Waals surface area contributed by atoms with Gasteiger partial charge >= 0.3 is 0 Å². The van der Waals surface area contributed by atoms with Crippen molar-refractivity contribution in [2.45, 2.75) is 45.1 Å². The van der Waals surface area contributed by atoms with E-state index in [1.807, 2.05) is 13.0 Å². The van der Waals surface area contributed by atoms with E-state index in [4.69, 9.17) is 11.6 Å². The number of allylic oxidation sites excluding steroid dienone is 2. The first-order chi connectivity index (χ1) is 7.65. The zero-order chi connectivity index (χ0) is 12.4. The Morgan fingerprint density at radius 1 is 1.38 bits per heavy atom. The number of unbranched alkanes of at least 4 members (excludes halogenated alkanes) is 1. The van der Waals surface area contributed by atoms with E-state index in [0.717, 1.165) is 32.1 Å². The van der Waals surface area contributed by atoms with Gasteiger partial charge in [0.25, 0.3) is 0 Å². The highest BCUT2D eigenvalue weighted by molar-refractivity contribution is 6.25. The molecule has 0 amide bonds. The van der Waals surface area contributed by atoms with E-state index in [2.05, 4.69) is 13.2 Å². The molecule has 16 heavy (non-hydrogen) atoms. The second kappa shape index (κ2) is 9.68. The maximum atomic E-state index is 9.54. The fourth-order valence-electron chi connectivity index (χ4n) is 1.52. The van der Waals surface area contributed by atoms with Crippen molar-refractivity contribution in [3.05, 3.63) is 36.4 Å². The van der Waals surface area contributed by atoms with E-state index < -0.39 is 6.10 Å².